The zero-order valence-corrected chi connectivity index (χ0v) is 17.9. The second-order valence-corrected chi connectivity index (χ2v) is 8.96. The Kier molecular flexibility index (Phi) is 5.04. The molecular weight excluding hydrogens is 432 g/mol. The summed E-state index contributed by atoms with van der Waals surface area (Å²) in [5, 5.41) is 3.60. The third-order valence-electron chi connectivity index (χ3n) is 5.50. The number of carbonyl (C=O) groups is 3. The molecule has 2 aliphatic rings. The van der Waals surface area contributed by atoms with Gasteiger partial charge in [0, 0.05) is 21.2 Å². The molecule has 0 unspecified atom stereocenters. The van der Waals surface area contributed by atoms with Crippen molar-refractivity contribution < 1.29 is 14.4 Å². The van der Waals surface area contributed by atoms with Gasteiger partial charge in [0.15, 0.2) is 0 Å². The van der Waals surface area contributed by atoms with Crippen molar-refractivity contribution >= 4 is 46.8 Å². The number of hydrogen-bond donors (Lipinski definition) is 1. The van der Waals surface area contributed by atoms with Crippen molar-refractivity contribution in [1.82, 2.24) is 5.32 Å². The van der Waals surface area contributed by atoms with E-state index >= 15 is 0 Å². The van der Waals surface area contributed by atoms with Crippen LogP contribution in [0.25, 0.3) is 0 Å². The maximum Gasteiger partial charge on any atom is 0.266 e. The molecule has 0 spiro atoms. The van der Waals surface area contributed by atoms with Crippen molar-refractivity contribution in [3.8, 4) is 0 Å². The van der Waals surface area contributed by atoms with Crippen LogP contribution in [-0.2, 0) is 0 Å². The van der Waals surface area contributed by atoms with Gasteiger partial charge in [-0.2, -0.15) is 0 Å². The largest absolute Gasteiger partial charge is 0.345 e. The molecule has 3 amide bonds. The Balaban J connectivity index is 1.41. The average molecular weight is 449 g/mol. The molecular formula is C24H17ClN2O3S. The normalized spacial score (nSPS) is 17.3. The fourth-order valence-corrected chi connectivity index (χ4v) is 5.19. The topological polar surface area (TPSA) is 66.5 Å². The van der Waals surface area contributed by atoms with Crippen molar-refractivity contribution in [2.45, 2.75) is 17.4 Å². The number of rotatable bonds is 3. The molecule has 0 saturated heterocycles. The van der Waals surface area contributed by atoms with Crippen LogP contribution in [-0.4, -0.2) is 23.5 Å². The van der Waals surface area contributed by atoms with E-state index in [1.54, 1.807) is 48.2 Å². The molecule has 3 aromatic carbocycles. The number of nitrogens with zero attached hydrogens (tertiary/aromatic N) is 1. The number of anilines is 1. The highest BCUT2D eigenvalue weighted by molar-refractivity contribution is 7.99. The van der Waals surface area contributed by atoms with E-state index in [2.05, 4.69) is 11.4 Å². The van der Waals surface area contributed by atoms with E-state index < -0.39 is 11.8 Å². The maximum absolute atomic E-state index is 13.0. The lowest BCUT2D eigenvalue weighted by Crippen LogP contribution is -2.30. The smallest absolute Gasteiger partial charge is 0.266 e. The predicted molar refractivity (Wildman–Crippen MR) is 121 cm³/mol. The molecule has 5 rings (SSSR count). The minimum atomic E-state index is -0.448. The first-order valence-corrected chi connectivity index (χ1v) is 11.2. The van der Waals surface area contributed by atoms with E-state index in [-0.39, 0.29) is 23.1 Å². The highest BCUT2D eigenvalue weighted by Gasteiger charge is 2.37. The second kappa shape index (κ2) is 7.87. The number of thioether (sulfide) groups is 1. The van der Waals surface area contributed by atoms with Gasteiger partial charge in [-0.3, -0.25) is 14.4 Å². The van der Waals surface area contributed by atoms with Gasteiger partial charge in [-0.1, -0.05) is 29.8 Å². The molecule has 5 nitrogen and oxygen atoms in total. The van der Waals surface area contributed by atoms with Gasteiger partial charge in [0.25, 0.3) is 17.7 Å². The minimum Gasteiger partial charge on any atom is -0.345 e. The summed E-state index contributed by atoms with van der Waals surface area (Å²) in [7, 11) is 0. The predicted octanol–water partition coefficient (Wildman–Crippen LogP) is 5.11. The molecule has 0 bridgehead atoms. The van der Waals surface area contributed by atoms with E-state index in [4.69, 9.17) is 11.6 Å². The molecule has 0 aromatic heterocycles. The van der Waals surface area contributed by atoms with E-state index in [1.165, 1.54) is 11.0 Å². The first-order chi connectivity index (χ1) is 15.0. The summed E-state index contributed by atoms with van der Waals surface area (Å²) in [5.41, 5.74) is 2.42. The van der Waals surface area contributed by atoms with Crippen LogP contribution in [0.15, 0.2) is 71.6 Å². The summed E-state index contributed by atoms with van der Waals surface area (Å²) in [4.78, 5) is 41.0. The van der Waals surface area contributed by atoms with Gasteiger partial charge in [0.05, 0.1) is 22.9 Å². The zero-order valence-electron chi connectivity index (χ0n) is 16.3. The number of halogens is 1. The lowest BCUT2D eigenvalue weighted by molar-refractivity contribution is 0.0920. The Labute approximate surface area is 188 Å². The number of fused-ring (bicyclic) bond motifs is 2. The molecule has 7 heteroatoms. The van der Waals surface area contributed by atoms with Crippen LogP contribution in [0.5, 0.6) is 0 Å². The number of carbonyl (C=O) groups excluding carboxylic acids is 3. The van der Waals surface area contributed by atoms with E-state index in [0.717, 1.165) is 22.6 Å². The first kappa shape index (κ1) is 19.8. The van der Waals surface area contributed by atoms with Crippen LogP contribution in [0.4, 0.5) is 5.69 Å². The summed E-state index contributed by atoms with van der Waals surface area (Å²) in [6, 6.07) is 19.1. The van der Waals surface area contributed by atoms with Crippen LogP contribution >= 0.6 is 23.4 Å². The Morgan fingerprint density at radius 2 is 1.71 bits per heavy atom. The lowest BCUT2D eigenvalue weighted by atomic mass is 10.0. The van der Waals surface area contributed by atoms with E-state index in [0.29, 0.717) is 16.3 Å². The molecule has 1 atom stereocenters. The highest BCUT2D eigenvalue weighted by Crippen LogP contribution is 2.36. The van der Waals surface area contributed by atoms with Gasteiger partial charge in [0.1, 0.15) is 0 Å². The van der Waals surface area contributed by atoms with Crippen LogP contribution < -0.4 is 10.2 Å². The molecule has 2 heterocycles. The number of imide groups is 1. The Morgan fingerprint density at radius 3 is 2.52 bits per heavy atom. The summed E-state index contributed by atoms with van der Waals surface area (Å²) in [6.07, 6.45) is 0.833. The van der Waals surface area contributed by atoms with Crippen molar-refractivity contribution in [1.29, 1.82) is 0 Å². The Hall–Kier alpha value is -3.09. The van der Waals surface area contributed by atoms with Crippen LogP contribution in [0.2, 0.25) is 5.02 Å². The molecule has 3 aromatic rings. The fourth-order valence-electron chi connectivity index (χ4n) is 3.94. The van der Waals surface area contributed by atoms with Gasteiger partial charge in [0.2, 0.25) is 0 Å². The monoisotopic (exact) mass is 448 g/mol. The van der Waals surface area contributed by atoms with E-state index in [9.17, 15) is 14.4 Å². The van der Waals surface area contributed by atoms with Crippen molar-refractivity contribution in [2.75, 3.05) is 10.7 Å². The molecule has 1 N–H and O–H groups in total. The third-order valence-corrected chi connectivity index (χ3v) is 6.87. The van der Waals surface area contributed by atoms with Gasteiger partial charge in [-0.15, -0.1) is 11.8 Å². The van der Waals surface area contributed by atoms with Gasteiger partial charge in [-0.05, 0) is 60.5 Å². The van der Waals surface area contributed by atoms with E-state index in [1.807, 2.05) is 18.2 Å². The standard InChI is InChI=1S/C24H17ClN2O3S/c25-15-6-8-16(9-7-15)27-23(29)17-10-5-14(13-19(17)24(27)30)22(28)26-20-11-12-31-21-4-2-1-3-18(20)21/h1-10,13,20H,11-12H2,(H,26,28)/t20-/m0/s1. The molecule has 154 valence electrons. The number of hydrogen-bond acceptors (Lipinski definition) is 4. The third kappa shape index (κ3) is 3.52. The average Bonchev–Trinajstić information content (AvgIpc) is 3.04. The summed E-state index contributed by atoms with van der Waals surface area (Å²) >= 11 is 7.70. The van der Waals surface area contributed by atoms with Gasteiger partial charge < -0.3 is 5.32 Å². The quantitative estimate of drug-likeness (QED) is 0.565. The molecule has 0 radical (unpaired) electrons. The Bertz CT molecular complexity index is 1230. The maximum atomic E-state index is 13.0. The van der Waals surface area contributed by atoms with Crippen molar-refractivity contribution in [2.24, 2.45) is 0 Å². The number of nitrogens with one attached hydrogen (secondary N) is 1. The molecule has 31 heavy (non-hydrogen) atoms. The van der Waals surface area contributed by atoms with Crippen molar-refractivity contribution in [3.05, 3.63) is 94.0 Å². The van der Waals surface area contributed by atoms with Gasteiger partial charge in [-0.25, -0.2) is 4.90 Å². The summed E-state index contributed by atoms with van der Waals surface area (Å²) in [5.74, 6) is -0.196. The highest BCUT2D eigenvalue weighted by atomic mass is 35.5. The molecule has 2 aliphatic heterocycles. The van der Waals surface area contributed by atoms with Crippen molar-refractivity contribution in [3.63, 3.8) is 0 Å². The molecule has 0 fully saturated rings. The molecule has 0 saturated carbocycles. The van der Waals surface area contributed by atoms with Crippen LogP contribution in [0.3, 0.4) is 0 Å². The Morgan fingerprint density at radius 1 is 0.968 bits per heavy atom. The molecule has 0 aliphatic carbocycles. The first-order valence-electron chi connectivity index (χ1n) is 9.84. The van der Waals surface area contributed by atoms with Gasteiger partial charge >= 0.3 is 0 Å². The number of benzene rings is 3. The second-order valence-electron chi connectivity index (χ2n) is 7.38. The fraction of sp³-hybridized carbons (Fsp3) is 0.125. The minimum absolute atomic E-state index is 0.0823. The SMILES string of the molecule is O=C(N[C@H]1CCSc2ccccc21)c1ccc2c(c1)C(=O)N(c1ccc(Cl)cc1)C2=O. The summed E-state index contributed by atoms with van der Waals surface area (Å²) in [6.45, 7) is 0. The van der Waals surface area contributed by atoms with Crippen LogP contribution in [0, 0.1) is 0 Å². The van der Waals surface area contributed by atoms with Crippen LogP contribution in [0.1, 0.15) is 49.1 Å². The lowest BCUT2D eigenvalue weighted by Gasteiger charge is -2.26. The zero-order chi connectivity index (χ0) is 21.5. The number of amides is 3. The summed E-state index contributed by atoms with van der Waals surface area (Å²) < 4.78 is 0.